The van der Waals surface area contributed by atoms with Crippen LogP contribution in [-0.4, -0.2) is 18.9 Å². The highest BCUT2D eigenvalue weighted by atomic mass is 15.0. The van der Waals surface area contributed by atoms with Crippen LogP contribution >= 0.6 is 0 Å². The lowest BCUT2D eigenvalue weighted by molar-refractivity contribution is 1.18. The average Bonchev–Trinajstić information content (AvgIpc) is 3.66. The summed E-state index contributed by atoms with van der Waals surface area (Å²) in [5.41, 5.74) is 12.1. The first kappa shape index (κ1) is 19.3. The molecule has 4 heterocycles. The van der Waals surface area contributed by atoms with Gasteiger partial charge in [-0.05, 0) is 77.2 Å². The van der Waals surface area contributed by atoms with Gasteiger partial charge in [0.2, 0.25) is 0 Å². The Morgan fingerprint density at radius 1 is 0.595 bits per heavy atom. The molecule has 0 aliphatic heterocycles. The first-order valence-corrected chi connectivity index (χ1v) is 12.6. The van der Waals surface area contributed by atoms with Crippen LogP contribution in [0.4, 0.5) is 0 Å². The Kier molecular flexibility index (Phi) is 3.55. The van der Waals surface area contributed by atoms with E-state index in [4.69, 9.17) is 9.97 Å². The van der Waals surface area contributed by atoms with Gasteiger partial charge in [-0.3, -0.25) is 9.38 Å². The van der Waals surface area contributed by atoms with E-state index in [0.717, 1.165) is 34.2 Å². The van der Waals surface area contributed by atoms with Crippen LogP contribution in [0, 0.1) is 0 Å². The van der Waals surface area contributed by atoms with Crippen molar-refractivity contribution in [2.75, 3.05) is 0 Å². The number of para-hydroxylation sites is 1. The SMILES string of the molecule is c1ccc(-n2c3cc4c(cc3c3c5c(ccc32)c2nccn2c2cccnc52)Cc2ccccc2-4)cc1. The van der Waals surface area contributed by atoms with E-state index in [0.29, 0.717) is 0 Å². The van der Waals surface area contributed by atoms with Gasteiger partial charge in [-0.2, -0.15) is 0 Å². The lowest BCUT2D eigenvalue weighted by atomic mass is 9.99. The van der Waals surface area contributed by atoms with Gasteiger partial charge in [0.1, 0.15) is 5.65 Å². The maximum Gasteiger partial charge on any atom is 0.145 e. The van der Waals surface area contributed by atoms with Crippen molar-refractivity contribution in [3.05, 3.63) is 121 Å². The second-order valence-corrected chi connectivity index (χ2v) is 9.91. The second-order valence-electron chi connectivity index (χ2n) is 9.91. The van der Waals surface area contributed by atoms with Crippen LogP contribution in [0.15, 0.2) is 110 Å². The number of hydrogen-bond acceptors (Lipinski definition) is 2. The van der Waals surface area contributed by atoms with Crippen LogP contribution in [0.2, 0.25) is 0 Å². The van der Waals surface area contributed by atoms with Gasteiger partial charge in [-0.1, -0.05) is 42.5 Å². The van der Waals surface area contributed by atoms with Gasteiger partial charge in [0.15, 0.2) is 0 Å². The first-order valence-electron chi connectivity index (χ1n) is 12.6. The number of rotatable bonds is 1. The molecule has 0 unspecified atom stereocenters. The Labute approximate surface area is 212 Å². The third-order valence-electron chi connectivity index (χ3n) is 8.02. The van der Waals surface area contributed by atoms with Gasteiger partial charge in [-0.15, -0.1) is 0 Å². The van der Waals surface area contributed by atoms with Crippen molar-refractivity contribution in [1.29, 1.82) is 0 Å². The van der Waals surface area contributed by atoms with Crippen LogP contribution in [0.5, 0.6) is 0 Å². The molecule has 0 spiro atoms. The molecular formula is C33H20N4. The Morgan fingerprint density at radius 2 is 1.49 bits per heavy atom. The molecule has 9 rings (SSSR count). The number of pyridine rings is 2. The number of benzene rings is 4. The standard InChI is InChI=1S/C33H20N4/c1-2-8-22(9-3-1)37-27-13-12-24-31(32-28(11-6-14-34-32)36-16-15-35-33(24)36)30(27)26-18-21-17-20-7-4-5-10-23(20)25(21)19-29(26)37/h1-16,18-19H,17H2. The molecule has 172 valence electrons. The fourth-order valence-corrected chi connectivity index (χ4v) is 6.51. The molecule has 0 saturated heterocycles. The van der Waals surface area contributed by atoms with Crippen molar-refractivity contribution in [3.8, 4) is 16.8 Å². The van der Waals surface area contributed by atoms with Crippen molar-refractivity contribution in [2.45, 2.75) is 6.42 Å². The molecule has 0 amide bonds. The zero-order valence-electron chi connectivity index (χ0n) is 19.9. The zero-order chi connectivity index (χ0) is 24.1. The molecule has 4 aromatic carbocycles. The van der Waals surface area contributed by atoms with E-state index in [1.807, 2.05) is 24.7 Å². The van der Waals surface area contributed by atoms with Crippen LogP contribution in [-0.2, 0) is 6.42 Å². The molecule has 8 aromatic rings. The van der Waals surface area contributed by atoms with Crippen LogP contribution in [0.1, 0.15) is 11.1 Å². The van der Waals surface area contributed by atoms with Crippen LogP contribution in [0.25, 0.3) is 66.1 Å². The third-order valence-corrected chi connectivity index (χ3v) is 8.02. The fourth-order valence-electron chi connectivity index (χ4n) is 6.51. The van der Waals surface area contributed by atoms with E-state index in [2.05, 4.69) is 93.9 Å². The van der Waals surface area contributed by atoms with Crippen molar-refractivity contribution < 1.29 is 0 Å². The maximum atomic E-state index is 4.93. The molecule has 0 radical (unpaired) electrons. The predicted molar refractivity (Wildman–Crippen MR) is 151 cm³/mol. The zero-order valence-corrected chi connectivity index (χ0v) is 19.9. The van der Waals surface area contributed by atoms with Gasteiger partial charge in [0, 0.05) is 45.8 Å². The minimum atomic E-state index is 0.964. The predicted octanol–water partition coefficient (Wildman–Crippen LogP) is 7.70. The lowest BCUT2D eigenvalue weighted by Gasteiger charge is -2.10. The normalized spacial score (nSPS) is 12.8. The highest BCUT2D eigenvalue weighted by Crippen LogP contribution is 2.45. The molecule has 0 bridgehead atoms. The Hall–Kier alpha value is -4.96. The highest BCUT2D eigenvalue weighted by molar-refractivity contribution is 6.29. The maximum absolute atomic E-state index is 4.93. The average molecular weight is 473 g/mol. The fraction of sp³-hybridized carbons (Fsp3) is 0.0303. The molecule has 0 fully saturated rings. The van der Waals surface area contributed by atoms with E-state index < -0.39 is 0 Å². The number of aromatic nitrogens is 4. The van der Waals surface area contributed by atoms with E-state index in [1.165, 1.54) is 49.4 Å². The summed E-state index contributed by atoms with van der Waals surface area (Å²) in [7, 11) is 0. The summed E-state index contributed by atoms with van der Waals surface area (Å²) < 4.78 is 4.57. The smallest absolute Gasteiger partial charge is 0.145 e. The molecule has 37 heavy (non-hydrogen) atoms. The second kappa shape index (κ2) is 6.83. The minimum absolute atomic E-state index is 0.964. The number of imidazole rings is 1. The molecule has 1 aliphatic carbocycles. The topological polar surface area (TPSA) is 35.1 Å². The summed E-state index contributed by atoms with van der Waals surface area (Å²) in [5.74, 6) is 0. The van der Waals surface area contributed by atoms with Gasteiger partial charge in [0.05, 0.1) is 22.1 Å². The summed E-state index contributed by atoms with van der Waals surface area (Å²) in [6.45, 7) is 0. The van der Waals surface area contributed by atoms with Crippen LogP contribution < -0.4 is 0 Å². The molecule has 4 nitrogen and oxygen atoms in total. The van der Waals surface area contributed by atoms with E-state index in [1.54, 1.807) is 0 Å². The molecule has 0 saturated carbocycles. The molecular weight excluding hydrogens is 452 g/mol. The Morgan fingerprint density at radius 3 is 2.43 bits per heavy atom. The summed E-state index contributed by atoms with van der Waals surface area (Å²) in [6.07, 6.45) is 6.77. The Balaban J connectivity index is 1.55. The van der Waals surface area contributed by atoms with Crippen LogP contribution in [0.3, 0.4) is 0 Å². The lowest BCUT2D eigenvalue weighted by Crippen LogP contribution is -1.95. The molecule has 0 N–H and O–H groups in total. The Bertz CT molecular complexity index is 2220. The van der Waals surface area contributed by atoms with Crippen molar-refractivity contribution in [1.82, 2.24) is 18.9 Å². The quantitative estimate of drug-likeness (QED) is 0.229. The van der Waals surface area contributed by atoms with Crippen molar-refractivity contribution in [3.63, 3.8) is 0 Å². The molecule has 0 atom stereocenters. The van der Waals surface area contributed by atoms with E-state index in [9.17, 15) is 0 Å². The van der Waals surface area contributed by atoms with Gasteiger partial charge < -0.3 is 4.57 Å². The number of nitrogens with zero attached hydrogens (tertiary/aromatic N) is 4. The highest BCUT2D eigenvalue weighted by Gasteiger charge is 2.24. The number of hydrogen-bond donors (Lipinski definition) is 0. The molecule has 4 aromatic heterocycles. The summed E-state index contributed by atoms with van der Waals surface area (Å²) in [6, 6.07) is 32.9. The monoisotopic (exact) mass is 472 g/mol. The molecule has 1 aliphatic rings. The van der Waals surface area contributed by atoms with E-state index in [-0.39, 0.29) is 0 Å². The van der Waals surface area contributed by atoms with Gasteiger partial charge in [0.25, 0.3) is 0 Å². The van der Waals surface area contributed by atoms with Gasteiger partial charge >= 0.3 is 0 Å². The largest absolute Gasteiger partial charge is 0.309 e. The van der Waals surface area contributed by atoms with Gasteiger partial charge in [-0.25, -0.2) is 4.98 Å². The summed E-state index contributed by atoms with van der Waals surface area (Å²) in [4.78, 5) is 9.69. The summed E-state index contributed by atoms with van der Waals surface area (Å²) in [5, 5.41) is 4.80. The minimum Gasteiger partial charge on any atom is -0.309 e. The van der Waals surface area contributed by atoms with Crippen molar-refractivity contribution in [2.24, 2.45) is 0 Å². The first-order chi connectivity index (χ1) is 18.4. The summed E-state index contributed by atoms with van der Waals surface area (Å²) >= 11 is 0. The third kappa shape index (κ3) is 2.42. The van der Waals surface area contributed by atoms with Crippen molar-refractivity contribution >= 4 is 49.3 Å². The molecule has 4 heteroatoms. The number of fused-ring (bicyclic) bond motifs is 13. The van der Waals surface area contributed by atoms with E-state index >= 15 is 0 Å².